The lowest BCUT2D eigenvalue weighted by Gasteiger charge is -2.06. The summed E-state index contributed by atoms with van der Waals surface area (Å²) in [7, 11) is 1.62. The van der Waals surface area contributed by atoms with Gasteiger partial charge < -0.3 is 15.4 Å². The zero-order valence-electron chi connectivity index (χ0n) is 13.7. The van der Waals surface area contributed by atoms with Crippen LogP contribution in [0.5, 0.6) is 5.75 Å². The quantitative estimate of drug-likeness (QED) is 0.532. The fourth-order valence-electron chi connectivity index (χ4n) is 2.66. The number of carbonyl (C=O) groups is 1. The Bertz CT molecular complexity index is 1080. The van der Waals surface area contributed by atoms with Crippen molar-refractivity contribution in [2.75, 3.05) is 17.7 Å². The van der Waals surface area contributed by atoms with Crippen LogP contribution in [0.3, 0.4) is 0 Å². The number of nitrogens with zero attached hydrogens (tertiary/aromatic N) is 3. The number of imidazole rings is 1. The average molecular weight is 336 g/mol. The molecule has 4 aromatic rings. The molecule has 0 aliphatic rings. The number of hydrogen-bond acceptors (Lipinski definition) is 5. The van der Waals surface area contributed by atoms with Gasteiger partial charge in [-0.1, -0.05) is 6.07 Å². The second-order valence-corrected chi connectivity index (χ2v) is 5.56. The Balaban J connectivity index is 1.65. The third kappa shape index (κ3) is 2.85. The molecule has 8 heteroatoms. The summed E-state index contributed by atoms with van der Waals surface area (Å²) in [6.07, 6.45) is 0. The Morgan fingerprint density at radius 1 is 1.16 bits per heavy atom. The standard InChI is InChI=1S/C17H16N6O2/c1-10(24)18-11-4-3-5-12(8-11)19-16-21-17-20-14-9-13(25-2)6-7-15(14)23(17)22-16/h3-9H,1-2H3,(H,18,24)(H2,19,20,21,22). The van der Waals surface area contributed by atoms with Crippen molar-refractivity contribution in [3.05, 3.63) is 42.5 Å². The predicted molar refractivity (Wildman–Crippen MR) is 95.4 cm³/mol. The van der Waals surface area contributed by atoms with Crippen molar-refractivity contribution in [1.82, 2.24) is 19.6 Å². The van der Waals surface area contributed by atoms with E-state index in [1.807, 2.05) is 42.5 Å². The number of fused-ring (bicyclic) bond motifs is 3. The van der Waals surface area contributed by atoms with Crippen molar-refractivity contribution in [2.24, 2.45) is 0 Å². The molecule has 0 unspecified atom stereocenters. The zero-order chi connectivity index (χ0) is 17.4. The molecule has 8 nitrogen and oxygen atoms in total. The summed E-state index contributed by atoms with van der Waals surface area (Å²) in [4.78, 5) is 20.1. The molecule has 3 N–H and O–H groups in total. The number of benzene rings is 2. The predicted octanol–water partition coefficient (Wildman–Crippen LogP) is 2.92. The monoisotopic (exact) mass is 336 g/mol. The van der Waals surface area contributed by atoms with E-state index in [4.69, 9.17) is 4.74 Å². The minimum atomic E-state index is -0.115. The van der Waals surface area contributed by atoms with E-state index in [1.54, 1.807) is 11.6 Å². The van der Waals surface area contributed by atoms with Gasteiger partial charge in [0.2, 0.25) is 11.9 Å². The van der Waals surface area contributed by atoms with Gasteiger partial charge in [0.25, 0.3) is 5.78 Å². The third-order valence-corrected chi connectivity index (χ3v) is 3.72. The zero-order valence-corrected chi connectivity index (χ0v) is 13.7. The van der Waals surface area contributed by atoms with Crippen LogP contribution >= 0.6 is 0 Å². The number of methoxy groups -OCH3 is 1. The van der Waals surface area contributed by atoms with Crippen LogP contribution in [0.15, 0.2) is 42.5 Å². The summed E-state index contributed by atoms with van der Waals surface area (Å²) < 4.78 is 7.01. The van der Waals surface area contributed by atoms with Crippen LogP contribution in [-0.2, 0) is 4.79 Å². The van der Waals surface area contributed by atoms with E-state index in [9.17, 15) is 4.79 Å². The maximum atomic E-state index is 11.2. The average Bonchev–Trinajstić information content (AvgIpc) is 3.10. The van der Waals surface area contributed by atoms with Crippen LogP contribution in [0, 0.1) is 0 Å². The van der Waals surface area contributed by atoms with Crippen molar-refractivity contribution in [1.29, 1.82) is 0 Å². The largest absolute Gasteiger partial charge is 0.497 e. The van der Waals surface area contributed by atoms with Gasteiger partial charge >= 0.3 is 0 Å². The van der Waals surface area contributed by atoms with Crippen LogP contribution < -0.4 is 15.4 Å². The first-order chi connectivity index (χ1) is 12.1. The number of anilines is 3. The topological polar surface area (TPSA) is 96.3 Å². The summed E-state index contributed by atoms with van der Waals surface area (Å²) in [6.45, 7) is 1.47. The second kappa shape index (κ2) is 5.82. The maximum absolute atomic E-state index is 11.2. The molecule has 0 saturated heterocycles. The third-order valence-electron chi connectivity index (χ3n) is 3.72. The lowest BCUT2D eigenvalue weighted by molar-refractivity contribution is -0.114. The van der Waals surface area contributed by atoms with Gasteiger partial charge in [-0.15, -0.1) is 0 Å². The number of amides is 1. The van der Waals surface area contributed by atoms with Gasteiger partial charge in [-0.3, -0.25) is 9.89 Å². The Morgan fingerprint density at radius 2 is 2.00 bits per heavy atom. The first-order valence-corrected chi connectivity index (χ1v) is 7.69. The van der Waals surface area contributed by atoms with Gasteiger partial charge in [-0.25, -0.2) is 9.50 Å². The molecule has 25 heavy (non-hydrogen) atoms. The Morgan fingerprint density at radius 3 is 2.80 bits per heavy atom. The highest BCUT2D eigenvalue weighted by molar-refractivity contribution is 5.89. The minimum Gasteiger partial charge on any atom is -0.497 e. The van der Waals surface area contributed by atoms with Crippen molar-refractivity contribution in [3.8, 4) is 5.75 Å². The molecule has 0 bridgehead atoms. The molecule has 2 aromatic heterocycles. The molecule has 0 atom stereocenters. The summed E-state index contributed by atoms with van der Waals surface area (Å²) in [5.41, 5.74) is 3.22. The highest BCUT2D eigenvalue weighted by Gasteiger charge is 2.10. The lowest BCUT2D eigenvalue weighted by atomic mass is 10.3. The van der Waals surface area contributed by atoms with E-state index in [0.717, 1.165) is 22.5 Å². The molecule has 2 aromatic carbocycles. The summed E-state index contributed by atoms with van der Waals surface area (Å²) in [5, 5.41) is 9.09. The van der Waals surface area contributed by atoms with E-state index in [2.05, 4.69) is 25.7 Å². The molecule has 0 radical (unpaired) electrons. The number of aromatic amines is 1. The van der Waals surface area contributed by atoms with Gasteiger partial charge in [0.1, 0.15) is 5.75 Å². The molecular weight excluding hydrogens is 320 g/mol. The summed E-state index contributed by atoms with van der Waals surface area (Å²) in [6, 6.07) is 13.1. The van der Waals surface area contributed by atoms with Gasteiger partial charge in [0.15, 0.2) is 0 Å². The van der Waals surface area contributed by atoms with Crippen molar-refractivity contribution >= 4 is 40.0 Å². The van der Waals surface area contributed by atoms with Crippen molar-refractivity contribution in [3.63, 3.8) is 0 Å². The smallest absolute Gasteiger partial charge is 0.253 e. The molecule has 4 rings (SSSR count). The normalized spacial score (nSPS) is 11.0. The van der Waals surface area contributed by atoms with Crippen LogP contribution in [0.4, 0.5) is 17.3 Å². The number of aromatic nitrogens is 4. The fraction of sp³-hybridized carbons (Fsp3) is 0.118. The molecule has 0 saturated carbocycles. The molecule has 0 aliphatic carbocycles. The van der Waals surface area contributed by atoms with Crippen LogP contribution in [-0.4, -0.2) is 32.6 Å². The number of nitrogens with one attached hydrogen (secondary N) is 3. The summed E-state index contributed by atoms with van der Waals surface area (Å²) in [5.74, 6) is 1.75. The maximum Gasteiger partial charge on any atom is 0.253 e. The number of hydrogen-bond donors (Lipinski definition) is 3. The van der Waals surface area contributed by atoms with E-state index in [1.165, 1.54) is 6.92 Å². The second-order valence-electron chi connectivity index (χ2n) is 5.56. The van der Waals surface area contributed by atoms with Crippen LogP contribution in [0.1, 0.15) is 6.92 Å². The Hall–Kier alpha value is -3.55. The van der Waals surface area contributed by atoms with E-state index < -0.39 is 0 Å². The van der Waals surface area contributed by atoms with Gasteiger partial charge in [0, 0.05) is 24.4 Å². The molecular formula is C17H16N6O2. The highest BCUT2D eigenvalue weighted by Crippen LogP contribution is 2.23. The van der Waals surface area contributed by atoms with Gasteiger partial charge in [-0.2, -0.15) is 4.98 Å². The SMILES string of the molecule is COc1ccc2c(c1)nc1nc(Nc3cccc(NC(C)=O)c3)[nH]n12. The first-order valence-electron chi connectivity index (χ1n) is 7.69. The van der Waals surface area contributed by atoms with Crippen molar-refractivity contribution < 1.29 is 9.53 Å². The van der Waals surface area contributed by atoms with E-state index in [0.29, 0.717) is 17.4 Å². The Kier molecular flexibility index (Phi) is 3.50. The fourth-order valence-corrected chi connectivity index (χ4v) is 2.66. The highest BCUT2D eigenvalue weighted by atomic mass is 16.5. The molecule has 1 amide bonds. The van der Waals surface area contributed by atoms with Crippen LogP contribution in [0.25, 0.3) is 16.8 Å². The number of ether oxygens (including phenoxy) is 1. The Labute approximate surface area is 142 Å². The molecule has 0 fully saturated rings. The molecule has 126 valence electrons. The summed E-state index contributed by atoms with van der Waals surface area (Å²) >= 11 is 0. The number of H-pyrrole nitrogens is 1. The van der Waals surface area contributed by atoms with Crippen molar-refractivity contribution in [2.45, 2.75) is 6.92 Å². The molecule has 0 spiro atoms. The molecule has 0 aliphatic heterocycles. The minimum absolute atomic E-state index is 0.115. The number of rotatable bonds is 4. The molecule has 2 heterocycles. The first kappa shape index (κ1) is 15.0. The van der Waals surface area contributed by atoms with Gasteiger partial charge in [0.05, 0.1) is 18.1 Å². The van der Waals surface area contributed by atoms with E-state index >= 15 is 0 Å². The van der Waals surface area contributed by atoms with E-state index in [-0.39, 0.29) is 5.91 Å². The van der Waals surface area contributed by atoms with Crippen LogP contribution in [0.2, 0.25) is 0 Å². The number of carbonyl (C=O) groups excluding carboxylic acids is 1. The lowest BCUT2D eigenvalue weighted by Crippen LogP contribution is -2.05. The van der Waals surface area contributed by atoms with Gasteiger partial charge in [-0.05, 0) is 30.3 Å².